The molecule has 26 heavy (non-hydrogen) atoms. The fraction of sp³-hybridized carbons (Fsp3) is 0.421. The summed E-state index contributed by atoms with van der Waals surface area (Å²) in [4.78, 5) is 17.2. The molecule has 0 unspecified atom stereocenters. The van der Waals surface area contributed by atoms with E-state index in [0.717, 1.165) is 25.7 Å². The molecule has 1 N–H and O–H groups in total. The van der Waals surface area contributed by atoms with Crippen molar-refractivity contribution < 1.29 is 18.8 Å². The van der Waals surface area contributed by atoms with Gasteiger partial charge in [0.05, 0.1) is 7.11 Å². The second-order valence-corrected chi connectivity index (χ2v) is 6.35. The summed E-state index contributed by atoms with van der Waals surface area (Å²) in [6, 6.07) is 5.09. The van der Waals surface area contributed by atoms with Gasteiger partial charge >= 0.3 is 0 Å². The van der Waals surface area contributed by atoms with E-state index >= 15 is 0 Å². The minimum absolute atomic E-state index is 0.206. The van der Waals surface area contributed by atoms with Crippen LogP contribution in [0.5, 0.6) is 11.5 Å². The summed E-state index contributed by atoms with van der Waals surface area (Å²) in [5.74, 6) is 1.89. The average Bonchev–Trinajstić information content (AvgIpc) is 3.29. The molecular formula is C19H23N3O4. The summed E-state index contributed by atoms with van der Waals surface area (Å²) in [5, 5.41) is 7.16. The van der Waals surface area contributed by atoms with Gasteiger partial charge in [-0.05, 0) is 31.0 Å². The normalized spacial score (nSPS) is 15.5. The third-order valence-electron chi connectivity index (χ3n) is 4.55. The molecule has 2 aromatic rings. The highest BCUT2D eigenvalue weighted by Crippen LogP contribution is 2.38. The number of hydrogen-bond acceptors (Lipinski definition) is 6. The predicted octanol–water partition coefficient (Wildman–Crippen LogP) is 3.15. The number of methoxy groups -OCH3 is 1. The number of amides is 1. The fourth-order valence-corrected chi connectivity index (χ4v) is 3.24. The first-order chi connectivity index (χ1) is 12.6. The average molecular weight is 357 g/mol. The third kappa shape index (κ3) is 3.56. The van der Waals surface area contributed by atoms with Gasteiger partial charge in [-0.3, -0.25) is 4.79 Å². The zero-order chi connectivity index (χ0) is 18.6. The molecule has 3 rings (SSSR count). The maximum Gasteiger partial charge on any atom is 0.252 e. The number of carbonyl (C=O) groups excluding carboxylic acids is 1. The van der Waals surface area contributed by atoms with Gasteiger partial charge in [0.15, 0.2) is 17.3 Å². The Bertz CT molecular complexity index is 794. The summed E-state index contributed by atoms with van der Waals surface area (Å²) >= 11 is 0. The molecule has 1 heterocycles. The molecule has 7 heteroatoms. The maximum atomic E-state index is 12.9. The summed E-state index contributed by atoms with van der Waals surface area (Å²) < 4.78 is 16.0. The molecule has 138 valence electrons. The monoisotopic (exact) mass is 357 g/mol. The molecule has 0 atom stereocenters. The van der Waals surface area contributed by atoms with Crippen molar-refractivity contribution in [1.29, 1.82) is 0 Å². The highest BCUT2D eigenvalue weighted by molar-refractivity contribution is 5.95. The van der Waals surface area contributed by atoms with Crippen LogP contribution in [-0.2, 0) is 5.54 Å². The molecule has 0 bridgehead atoms. The third-order valence-corrected chi connectivity index (χ3v) is 4.55. The van der Waals surface area contributed by atoms with Crippen LogP contribution < -0.4 is 14.8 Å². The Kier molecular flexibility index (Phi) is 5.25. The topological polar surface area (TPSA) is 86.5 Å². The van der Waals surface area contributed by atoms with Crippen molar-refractivity contribution in [3.05, 3.63) is 48.1 Å². The van der Waals surface area contributed by atoms with Gasteiger partial charge in [0.2, 0.25) is 5.89 Å². The fourth-order valence-electron chi connectivity index (χ4n) is 3.24. The quantitative estimate of drug-likeness (QED) is 0.766. The first-order valence-electron chi connectivity index (χ1n) is 8.63. The molecule has 0 saturated heterocycles. The largest absolute Gasteiger partial charge is 0.493 e. The van der Waals surface area contributed by atoms with Crippen molar-refractivity contribution in [2.24, 2.45) is 0 Å². The summed E-state index contributed by atoms with van der Waals surface area (Å²) in [6.45, 7) is 5.73. The molecule has 1 saturated carbocycles. The van der Waals surface area contributed by atoms with Crippen molar-refractivity contribution in [2.75, 3.05) is 13.7 Å². The standard InChI is InChI=1S/C19H23N3O4/c1-4-11-25-15-8-7-14(12-16(15)24-3)17(23)21-19(9-5-6-10-19)18-20-13(2)26-22-18/h4,7-8,12H,1,5-6,9-11H2,2-3H3,(H,21,23). The van der Waals surface area contributed by atoms with E-state index < -0.39 is 5.54 Å². The van der Waals surface area contributed by atoms with Gasteiger partial charge in [-0.15, -0.1) is 0 Å². The van der Waals surface area contributed by atoms with Crippen molar-refractivity contribution >= 4 is 5.91 Å². The van der Waals surface area contributed by atoms with Crippen LogP contribution in [0.25, 0.3) is 0 Å². The van der Waals surface area contributed by atoms with Gasteiger partial charge in [0.25, 0.3) is 5.91 Å². The summed E-state index contributed by atoms with van der Waals surface area (Å²) in [7, 11) is 1.54. The van der Waals surface area contributed by atoms with E-state index in [1.807, 2.05) is 0 Å². The second kappa shape index (κ2) is 7.59. The zero-order valence-corrected chi connectivity index (χ0v) is 15.1. The molecule has 1 amide bonds. The number of hydrogen-bond donors (Lipinski definition) is 1. The molecule has 0 spiro atoms. The van der Waals surface area contributed by atoms with Gasteiger partial charge in [-0.2, -0.15) is 4.98 Å². The van der Waals surface area contributed by atoms with Gasteiger partial charge in [-0.1, -0.05) is 30.7 Å². The van der Waals surface area contributed by atoms with Crippen molar-refractivity contribution in [3.63, 3.8) is 0 Å². The zero-order valence-electron chi connectivity index (χ0n) is 15.1. The van der Waals surface area contributed by atoms with E-state index in [9.17, 15) is 4.79 Å². The second-order valence-electron chi connectivity index (χ2n) is 6.35. The van der Waals surface area contributed by atoms with Gasteiger partial charge in [-0.25, -0.2) is 0 Å². The van der Waals surface area contributed by atoms with Crippen LogP contribution in [0, 0.1) is 6.92 Å². The van der Waals surface area contributed by atoms with E-state index in [1.165, 1.54) is 0 Å². The van der Waals surface area contributed by atoms with E-state index in [-0.39, 0.29) is 5.91 Å². The first-order valence-corrected chi connectivity index (χ1v) is 8.63. The Balaban J connectivity index is 1.83. The lowest BCUT2D eigenvalue weighted by molar-refractivity contribution is 0.0891. The number of nitrogens with zero attached hydrogens (tertiary/aromatic N) is 2. The Morgan fingerprint density at radius 3 is 2.77 bits per heavy atom. The molecular weight excluding hydrogens is 334 g/mol. The van der Waals surface area contributed by atoms with Crippen LogP contribution in [0.2, 0.25) is 0 Å². The Hall–Kier alpha value is -2.83. The number of aromatic nitrogens is 2. The van der Waals surface area contributed by atoms with Crippen LogP contribution in [0.3, 0.4) is 0 Å². The van der Waals surface area contributed by atoms with Crippen LogP contribution in [0.4, 0.5) is 0 Å². The number of rotatable bonds is 7. The SMILES string of the molecule is C=CCOc1ccc(C(=O)NC2(c3noc(C)n3)CCCC2)cc1OC. The molecule has 1 aliphatic rings. The van der Waals surface area contributed by atoms with E-state index in [1.54, 1.807) is 38.3 Å². The van der Waals surface area contributed by atoms with Gasteiger partial charge in [0, 0.05) is 12.5 Å². The predicted molar refractivity (Wildman–Crippen MR) is 95.3 cm³/mol. The lowest BCUT2D eigenvalue weighted by Crippen LogP contribution is -2.44. The van der Waals surface area contributed by atoms with Crippen molar-refractivity contribution in [1.82, 2.24) is 15.5 Å². The number of ether oxygens (including phenoxy) is 2. The van der Waals surface area contributed by atoms with E-state index in [2.05, 4.69) is 22.0 Å². The smallest absolute Gasteiger partial charge is 0.252 e. The van der Waals surface area contributed by atoms with Gasteiger partial charge < -0.3 is 19.3 Å². The molecule has 1 fully saturated rings. The van der Waals surface area contributed by atoms with Gasteiger partial charge in [0.1, 0.15) is 12.1 Å². The summed E-state index contributed by atoms with van der Waals surface area (Å²) in [6.07, 6.45) is 5.23. The highest BCUT2D eigenvalue weighted by atomic mass is 16.5. The number of carbonyl (C=O) groups is 1. The van der Waals surface area contributed by atoms with Crippen LogP contribution in [-0.4, -0.2) is 29.8 Å². The lowest BCUT2D eigenvalue weighted by Gasteiger charge is -2.27. The van der Waals surface area contributed by atoms with Crippen LogP contribution in [0.1, 0.15) is 47.8 Å². The Morgan fingerprint density at radius 1 is 1.38 bits per heavy atom. The highest BCUT2D eigenvalue weighted by Gasteiger charge is 2.41. The summed E-state index contributed by atoms with van der Waals surface area (Å²) in [5.41, 5.74) is -0.0978. The van der Waals surface area contributed by atoms with Crippen LogP contribution >= 0.6 is 0 Å². The van der Waals surface area contributed by atoms with E-state index in [0.29, 0.717) is 35.4 Å². The molecule has 1 aliphatic carbocycles. The molecule has 0 radical (unpaired) electrons. The minimum atomic E-state index is -0.583. The number of aryl methyl sites for hydroxylation is 1. The first kappa shape index (κ1) is 18.0. The van der Waals surface area contributed by atoms with Crippen molar-refractivity contribution in [3.8, 4) is 11.5 Å². The molecule has 7 nitrogen and oxygen atoms in total. The maximum absolute atomic E-state index is 12.9. The number of benzene rings is 1. The minimum Gasteiger partial charge on any atom is -0.493 e. The van der Waals surface area contributed by atoms with Crippen LogP contribution in [0.15, 0.2) is 35.4 Å². The molecule has 1 aromatic heterocycles. The lowest BCUT2D eigenvalue weighted by atomic mass is 9.96. The number of nitrogens with one attached hydrogen (secondary N) is 1. The van der Waals surface area contributed by atoms with Crippen molar-refractivity contribution in [2.45, 2.75) is 38.1 Å². The Morgan fingerprint density at radius 2 is 2.15 bits per heavy atom. The molecule has 0 aliphatic heterocycles. The molecule has 1 aromatic carbocycles. The Labute approximate surface area is 152 Å². The van der Waals surface area contributed by atoms with E-state index in [4.69, 9.17) is 14.0 Å².